The summed E-state index contributed by atoms with van der Waals surface area (Å²) in [5.74, 6) is 0.121. The molecule has 2 aromatic carbocycles. The number of aromatic hydroxyl groups is 2. The Morgan fingerprint density at radius 1 is 0.950 bits per heavy atom. The minimum absolute atomic E-state index is 0.0911. The van der Waals surface area contributed by atoms with Gasteiger partial charge in [-0.05, 0) is 31.2 Å². The molecule has 0 bridgehead atoms. The summed E-state index contributed by atoms with van der Waals surface area (Å²) in [5.41, 5.74) is 1.74. The van der Waals surface area contributed by atoms with Crippen LogP contribution >= 0.6 is 0 Å². The van der Waals surface area contributed by atoms with Crippen molar-refractivity contribution in [3.63, 3.8) is 0 Å². The van der Waals surface area contributed by atoms with Crippen LogP contribution in [-0.4, -0.2) is 10.2 Å². The van der Waals surface area contributed by atoms with E-state index in [2.05, 4.69) is 0 Å². The second-order valence-corrected chi connectivity index (χ2v) is 4.71. The molecular weight excluding hydrogens is 256 g/mol. The Morgan fingerprint density at radius 3 is 2.35 bits per heavy atom. The SMILES string of the molecule is Cc1ccc2oc(-c3cc(O)cc(O)c3)cc(=O)c2c1. The molecule has 4 heteroatoms. The minimum atomic E-state index is -0.159. The van der Waals surface area contributed by atoms with Gasteiger partial charge in [0.05, 0.1) is 5.39 Å². The summed E-state index contributed by atoms with van der Waals surface area (Å²) < 4.78 is 5.67. The number of fused-ring (bicyclic) bond motifs is 1. The lowest BCUT2D eigenvalue weighted by atomic mass is 10.1. The number of phenols is 2. The zero-order valence-corrected chi connectivity index (χ0v) is 10.8. The summed E-state index contributed by atoms with van der Waals surface area (Å²) in [4.78, 5) is 12.1. The third-order valence-electron chi connectivity index (χ3n) is 3.07. The van der Waals surface area contributed by atoms with Crippen LogP contribution in [0.15, 0.2) is 51.7 Å². The molecular formula is C16H12O4. The van der Waals surface area contributed by atoms with Crippen LogP contribution in [0.25, 0.3) is 22.3 Å². The molecule has 0 fully saturated rings. The molecule has 2 N–H and O–H groups in total. The zero-order valence-electron chi connectivity index (χ0n) is 10.8. The van der Waals surface area contributed by atoms with Crippen molar-refractivity contribution in [3.05, 3.63) is 58.3 Å². The molecule has 0 amide bonds. The van der Waals surface area contributed by atoms with Crippen molar-refractivity contribution in [1.29, 1.82) is 0 Å². The maximum absolute atomic E-state index is 12.1. The fourth-order valence-electron chi connectivity index (χ4n) is 2.15. The highest BCUT2D eigenvalue weighted by molar-refractivity contribution is 5.79. The number of rotatable bonds is 1. The topological polar surface area (TPSA) is 70.7 Å². The van der Waals surface area contributed by atoms with E-state index in [0.29, 0.717) is 22.3 Å². The monoisotopic (exact) mass is 268 g/mol. The summed E-state index contributed by atoms with van der Waals surface area (Å²) in [6, 6.07) is 10.8. The quantitative estimate of drug-likeness (QED) is 0.711. The molecule has 1 heterocycles. The largest absolute Gasteiger partial charge is 0.508 e. The predicted octanol–water partition coefficient (Wildman–Crippen LogP) is 3.18. The number of phenolic OH excluding ortho intramolecular Hbond substituents is 2. The standard InChI is InChI=1S/C16H12O4/c1-9-2-3-15-13(4-9)14(19)8-16(20-15)10-5-11(17)7-12(18)6-10/h2-8,17-18H,1H3. The Hall–Kier alpha value is -2.75. The fraction of sp³-hybridized carbons (Fsp3) is 0.0625. The number of benzene rings is 2. The van der Waals surface area contributed by atoms with Gasteiger partial charge in [-0.25, -0.2) is 0 Å². The van der Waals surface area contributed by atoms with E-state index >= 15 is 0 Å². The van der Waals surface area contributed by atoms with Crippen molar-refractivity contribution in [1.82, 2.24) is 0 Å². The van der Waals surface area contributed by atoms with Crippen molar-refractivity contribution in [2.45, 2.75) is 6.92 Å². The molecule has 4 nitrogen and oxygen atoms in total. The lowest BCUT2D eigenvalue weighted by Crippen LogP contribution is -2.00. The highest BCUT2D eigenvalue weighted by Crippen LogP contribution is 2.29. The summed E-state index contributed by atoms with van der Waals surface area (Å²) in [5, 5.41) is 19.5. The Kier molecular flexibility index (Phi) is 2.71. The van der Waals surface area contributed by atoms with Crippen molar-refractivity contribution in [3.8, 4) is 22.8 Å². The lowest BCUT2D eigenvalue weighted by molar-refractivity contribution is 0.450. The van der Waals surface area contributed by atoms with Crippen LogP contribution in [0.1, 0.15) is 5.56 Å². The van der Waals surface area contributed by atoms with Crippen LogP contribution in [0.4, 0.5) is 0 Å². The molecule has 20 heavy (non-hydrogen) atoms. The zero-order chi connectivity index (χ0) is 14.3. The molecule has 0 unspecified atom stereocenters. The Morgan fingerprint density at radius 2 is 1.65 bits per heavy atom. The van der Waals surface area contributed by atoms with Crippen LogP contribution in [0.2, 0.25) is 0 Å². The van der Waals surface area contributed by atoms with Crippen LogP contribution in [-0.2, 0) is 0 Å². The van der Waals surface area contributed by atoms with Gasteiger partial charge >= 0.3 is 0 Å². The molecule has 0 radical (unpaired) electrons. The smallest absolute Gasteiger partial charge is 0.193 e. The van der Waals surface area contributed by atoms with Gasteiger partial charge in [-0.2, -0.15) is 0 Å². The summed E-state index contributed by atoms with van der Waals surface area (Å²) in [6.45, 7) is 1.90. The van der Waals surface area contributed by atoms with E-state index in [-0.39, 0.29) is 16.9 Å². The Bertz CT molecular complexity index is 842. The molecule has 0 aliphatic heterocycles. The molecule has 0 spiro atoms. The average Bonchev–Trinajstić information content (AvgIpc) is 2.38. The van der Waals surface area contributed by atoms with E-state index in [4.69, 9.17) is 4.42 Å². The fourth-order valence-corrected chi connectivity index (χ4v) is 2.15. The third kappa shape index (κ3) is 2.12. The van der Waals surface area contributed by atoms with E-state index in [1.807, 2.05) is 13.0 Å². The second kappa shape index (κ2) is 4.42. The predicted molar refractivity (Wildman–Crippen MR) is 76.0 cm³/mol. The molecule has 1 aromatic heterocycles. The van der Waals surface area contributed by atoms with Crippen molar-refractivity contribution in [2.75, 3.05) is 0 Å². The number of aryl methyl sites for hydroxylation is 1. The maximum atomic E-state index is 12.1. The third-order valence-corrected chi connectivity index (χ3v) is 3.07. The molecule has 0 aliphatic rings. The highest BCUT2D eigenvalue weighted by atomic mass is 16.3. The highest BCUT2D eigenvalue weighted by Gasteiger charge is 2.09. The van der Waals surface area contributed by atoms with Gasteiger partial charge < -0.3 is 14.6 Å². The molecule has 3 aromatic rings. The lowest BCUT2D eigenvalue weighted by Gasteiger charge is -2.05. The molecule has 100 valence electrons. The summed E-state index contributed by atoms with van der Waals surface area (Å²) in [6.07, 6.45) is 0. The Balaban J connectivity index is 2.27. The van der Waals surface area contributed by atoms with Crippen LogP contribution in [0.3, 0.4) is 0 Å². The van der Waals surface area contributed by atoms with Gasteiger partial charge in [0.15, 0.2) is 5.43 Å². The second-order valence-electron chi connectivity index (χ2n) is 4.71. The van der Waals surface area contributed by atoms with Gasteiger partial charge in [0.25, 0.3) is 0 Å². The molecule has 0 aliphatic carbocycles. The van der Waals surface area contributed by atoms with Gasteiger partial charge in [-0.3, -0.25) is 4.79 Å². The van der Waals surface area contributed by atoms with Gasteiger partial charge in [0, 0.05) is 17.7 Å². The molecule has 0 atom stereocenters. The Labute approximate surface area is 114 Å². The summed E-state index contributed by atoms with van der Waals surface area (Å²) >= 11 is 0. The minimum Gasteiger partial charge on any atom is -0.508 e. The number of hydrogen-bond donors (Lipinski definition) is 2. The van der Waals surface area contributed by atoms with Gasteiger partial charge in [-0.1, -0.05) is 11.6 Å². The normalized spacial score (nSPS) is 10.8. The van der Waals surface area contributed by atoms with Crippen molar-refractivity contribution >= 4 is 11.0 Å². The first-order valence-electron chi connectivity index (χ1n) is 6.11. The first-order chi connectivity index (χ1) is 9.52. The van der Waals surface area contributed by atoms with E-state index in [1.165, 1.54) is 24.3 Å². The maximum Gasteiger partial charge on any atom is 0.193 e. The van der Waals surface area contributed by atoms with E-state index in [9.17, 15) is 15.0 Å². The van der Waals surface area contributed by atoms with E-state index in [0.717, 1.165) is 5.56 Å². The summed E-state index contributed by atoms with van der Waals surface area (Å²) in [7, 11) is 0. The van der Waals surface area contributed by atoms with Crippen LogP contribution < -0.4 is 5.43 Å². The van der Waals surface area contributed by atoms with E-state index < -0.39 is 0 Å². The molecule has 0 saturated carbocycles. The van der Waals surface area contributed by atoms with Crippen LogP contribution in [0, 0.1) is 6.92 Å². The molecule has 0 saturated heterocycles. The van der Waals surface area contributed by atoms with Crippen molar-refractivity contribution < 1.29 is 14.6 Å². The van der Waals surface area contributed by atoms with Gasteiger partial charge in [0.1, 0.15) is 22.8 Å². The van der Waals surface area contributed by atoms with Gasteiger partial charge in [-0.15, -0.1) is 0 Å². The first kappa shape index (κ1) is 12.3. The van der Waals surface area contributed by atoms with Gasteiger partial charge in [0.2, 0.25) is 0 Å². The van der Waals surface area contributed by atoms with Crippen LogP contribution in [0.5, 0.6) is 11.5 Å². The number of hydrogen-bond acceptors (Lipinski definition) is 4. The molecule has 3 rings (SSSR count). The van der Waals surface area contributed by atoms with E-state index in [1.54, 1.807) is 12.1 Å². The first-order valence-corrected chi connectivity index (χ1v) is 6.11. The van der Waals surface area contributed by atoms with Crippen molar-refractivity contribution in [2.24, 2.45) is 0 Å². The average molecular weight is 268 g/mol.